The Hall–Kier alpha value is -3.48. The van der Waals surface area contributed by atoms with Crippen LogP contribution in [0, 0.1) is 0 Å². The summed E-state index contributed by atoms with van der Waals surface area (Å²) in [6.07, 6.45) is -7.17. The molecule has 0 saturated carbocycles. The van der Waals surface area contributed by atoms with Crippen LogP contribution >= 0.6 is 0 Å². The zero-order valence-corrected chi connectivity index (χ0v) is 23.6. The van der Waals surface area contributed by atoms with E-state index in [-0.39, 0.29) is 0 Å². The van der Waals surface area contributed by atoms with E-state index in [1.54, 1.807) is 0 Å². The molecule has 0 aromatic rings. The maximum absolute atomic E-state index is 12.2. The van der Waals surface area contributed by atoms with E-state index in [1.165, 1.54) is 0 Å². The Kier molecular flexibility index (Phi) is 21.2. The Labute approximate surface area is 248 Å². The molecule has 0 aliphatic rings. The summed E-state index contributed by atoms with van der Waals surface area (Å²) < 4.78 is 36.1. The van der Waals surface area contributed by atoms with Crippen molar-refractivity contribution in [3.05, 3.63) is 50.6 Å². The maximum Gasteiger partial charge on any atom is 0.330 e. The van der Waals surface area contributed by atoms with Gasteiger partial charge in [-0.3, -0.25) is 0 Å². The van der Waals surface area contributed by atoms with Gasteiger partial charge in [-0.2, -0.15) is 0 Å². The molecule has 0 fully saturated rings. The quantitative estimate of drug-likeness (QED) is 0.0403. The number of aliphatic hydroxyl groups is 5. The fraction of sp³-hybridized carbons (Fsp3) is 0.556. The van der Waals surface area contributed by atoms with Crippen molar-refractivity contribution in [3.8, 4) is 0 Å². The van der Waals surface area contributed by atoms with Crippen molar-refractivity contribution < 1.29 is 77.9 Å². The minimum Gasteiger partial charge on any atom is -0.460 e. The van der Waals surface area contributed by atoms with E-state index < -0.39 is 119 Å². The largest absolute Gasteiger partial charge is 0.460 e. The predicted octanol–water partition coefficient (Wildman–Crippen LogP) is -2.51. The molecule has 7 unspecified atom stereocenters. The number of rotatable bonds is 25. The highest BCUT2D eigenvalue weighted by Gasteiger charge is 2.39. The SMILES string of the molecule is C=CC(=O)OCC(O)COCC(OCC(O)COC(=O)C=C)C(OC(=O)C=C)C(OCC(O)COC(=O)C=C)C(O)CO. The Bertz CT molecular complexity index is 905. The van der Waals surface area contributed by atoms with Crippen LogP contribution in [0.3, 0.4) is 0 Å². The van der Waals surface area contributed by atoms with Crippen LogP contribution in [0.5, 0.6) is 0 Å². The average molecular weight is 621 g/mol. The van der Waals surface area contributed by atoms with Crippen molar-refractivity contribution in [2.45, 2.75) is 42.7 Å². The van der Waals surface area contributed by atoms with Crippen LogP contribution in [0.15, 0.2) is 50.6 Å². The summed E-state index contributed by atoms with van der Waals surface area (Å²) in [7, 11) is 0. The first-order chi connectivity index (χ1) is 20.4. The molecule has 0 radical (unpaired) electrons. The number of carbonyl (C=O) groups is 4. The van der Waals surface area contributed by atoms with Gasteiger partial charge in [0.2, 0.25) is 0 Å². The molecule has 0 spiro atoms. The van der Waals surface area contributed by atoms with Crippen molar-refractivity contribution in [3.63, 3.8) is 0 Å². The lowest BCUT2D eigenvalue weighted by molar-refractivity contribution is -0.201. The van der Waals surface area contributed by atoms with Gasteiger partial charge in [-0.15, -0.1) is 0 Å². The summed E-state index contributed by atoms with van der Waals surface area (Å²) in [6, 6.07) is 0. The monoisotopic (exact) mass is 620 g/mol. The summed E-state index contributed by atoms with van der Waals surface area (Å²) in [4.78, 5) is 46.0. The maximum atomic E-state index is 12.2. The molecule has 0 aromatic carbocycles. The van der Waals surface area contributed by atoms with Crippen molar-refractivity contribution in [1.82, 2.24) is 0 Å². The fourth-order valence-electron chi connectivity index (χ4n) is 2.94. The van der Waals surface area contributed by atoms with E-state index in [0.29, 0.717) is 0 Å². The van der Waals surface area contributed by atoms with E-state index in [1.807, 2.05) is 0 Å². The highest BCUT2D eigenvalue weighted by molar-refractivity contribution is 5.82. The van der Waals surface area contributed by atoms with E-state index in [0.717, 1.165) is 24.3 Å². The van der Waals surface area contributed by atoms with Gasteiger partial charge in [-0.1, -0.05) is 26.3 Å². The first kappa shape index (κ1) is 39.5. The van der Waals surface area contributed by atoms with E-state index in [2.05, 4.69) is 26.3 Å². The number of esters is 4. The molecule has 0 saturated heterocycles. The van der Waals surface area contributed by atoms with Crippen molar-refractivity contribution in [2.24, 2.45) is 0 Å². The summed E-state index contributed by atoms with van der Waals surface area (Å²) in [5.74, 6) is -3.47. The molecule has 43 heavy (non-hydrogen) atoms. The summed E-state index contributed by atoms with van der Waals surface area (Å²) >= 11 is 0. The zero-order chi connectivity index (χ0) is 32.8. The molecule has 0 amide bonds. The van der Waals surface area contributed by atoms with Gasteiger partial charge in [0.1, 0.15) is 56.4 Å². The standard InChI is InChI=1S/C27H40O16/c1-5-22(33)39-12-17(29)10-37-16-21(38-11-18(30)13-40-23(34)6-2)27(43-25(36)8-4)26(20(32)9-28)42-15-19(31)14-41-24(35)7-3/h5-8,17-21,26-32H,1-4,9-16H2. The first-order valence-corrected chi connectivity index (χ1v) is 12.8. The Morgan fingerprint density at radius 2 is 0.977 bits per heavy atom. The molecule has 16 heteroatoms. The summed E-state index contributed by atoms with van der Waals surface area (Å²) in [5.41, 5.74) is 0. The number of carbonyl (C=O) groups excluding carboxylic acids is 4. The van der Waals surface area contributed by atoms with Gasteiger partial charge in [0, 0.05) is 24.3 Å². The van der Waals surface area contributed by atoms with E-state index in [4.69, 9.17) is 33.2 Å². The molecule has 0 aliphatic heterocycles. The third-order valence-electron chi connectivity index (χ3n) is 5.01. The van der Waals surface area contributed by atoms with Gasteiger partial charge in [0.05, 0.1) is 33.0 Å². The molecule has 5 N–H and O–H groups in total. The predicted molar refractivity (Wildman–Crippen MR) is 145 cm³/mol. The second-order valence-corrected chi connectivity index (χ2v) is 8.53. The topological polar surface area (TPSA) is 234 Å². The van der Waals surface area contributed by atoms with Gasteiger partial charge in [0.25, 0.3) is 0 Å². The van der Waals surface area contributed by atoms with Gasteiger partial charge >= 0.3 is 23.9 Å². The van der Waals surface area contributed by atoms with Crippen LogP contribution in [0.4, 0.5) is 0 Å². The molecule has 0 aromatic heterocycles. The Morgan fingerprint density at radius 1 is 0.558 bits per heavy atom. The van der Waals surface area contributed by atoms with E-state index >= 15 is 0 Å². The van der Waals surface area contributed by atoms with Crippen molar-refractivity contribution in [1.29, 1.82) is 0 Å². The van der Waals surface area contributed by atoms with Crippen molar-refractivity contribution >= 4 is 23.9 Å². The minimum atomic E-state index is -1.75. The average Bonchev–Trinajstić information content (AvgIpc) is 3.01. The molecular weight excluding hydrogens is 580 g/mol. The highest BCUT2D eigenvalue weighted by Crippen LogP contribution is 2.19. The first-order valence-electron chi connectivity index (χ1n) is 12.8. The summed E-state index contributed by atoms with van der Waals surface area (Å²) in [5, 5.41) is 50.6. The Morgan fingerprint density at radius 3 is 1.40 bits per heavy atom. The lowest BCUT2D eigenvalue weighted by Gasteiger charge is -2.35. The highest BCUT2D eigenvalue weighted by atomic mass is 16.6. The van der Waals surface area contributed by atoms with Gasteiger partial charge in [-0.05, 0) is 0 Å². The lowest BCUT2D eigenvalue weighted by Crippen LogP contribution is -2.53. The summed E-state index contributed by atoms with van der Waals surface area (Å²) in [6.45, 7) is 8.43. The van der Waals surface area contributed by atoms with Crippen LogP contribution < -0.4 is 0 Å². The molecule has 0 rings (SSSR count). The van der Waals surface area contributed by atoms with Crippen LogP contribution in [0.25, 0.3) is 0 Å². The van der Waals surface area contributed by atoms with Crippen LogP contribution in [-0.4, -0.2) is 145 Å². The van der Waals surface area contributed by atoms with Crippen molar-refractivity contribution in [2.75, 3.05) is 52.9 Å². The third kappa shape index (κ3) is 17.9. The normalized spacial score (nSPS) is 15.7. The van der Waals surface area contributed by atoms with Gasteiger partial charge < -0.3 is 58.7 Å². The zero-order valence-electron chi connectivity index (χ0n) is 23.6. The molecule has 244 valence electrons. The number of hydrogen-bond acceptors (Lipinski definition) is 16. The van der Waals surface area contributed by atoms with Crippen LogP contribution in [0.1, 0.15) is 0 Å². The second kappa shape index (κ2) is 23.0. The molecule has 16 nitrogen and oxygen atoms in total. The number of hydrogen-bond donors (Lipinski definition) is 5. The fourth-order valence-corrected chi connectivity index (χ4v) is 2.94. The Balaban J connectivity index is 5.94. The van der Waals surface area contributed by atoms with Crippen LogP contribution in [-0.2, 0) is 52.3 Å². The lowest BCUT2D eigenvalue weighted by atomic mass is 10.0. The minimum absolute atomic E-state index is 0.437. The third-order valence-corrected chi connectivity index (χ3v) is 5.01. The smallest absolute Gasteiger partial charge is 0.330 e. The molecule has 0 heterocycles. The number of ether oxygens (including phenoxy) is 7. The van der Waals surface area contributed by atoms with Gasteiger partial charge in [-0.25, -0.2) is 19.2 Å². The molecule has 7 atom stereocenters. The molecule has 0 bridgehead atoms. The van der Waals surface area contributed by atoms with Gasteiger partial charge in [0.15, 0.2) is 6.10 Å². The molecule has 0 aliphatic carbocycles. The number of aliphatic hydroxyl groups excluding tert-OH is 5. The van der Waals surface area contributed by atoms with E-state index in [9.17, 15) is 44.7 Å². The second-order valence-electron chi connectivity index (χ2n) is 8.53. The molecular formula is C27H40O16. The van der Waals surface area contributed by atoms with Crippen LogP contribution in [0.2, 0.25) is 0 Å².